The molecule has 1 amide bonds. The second-order valence-electron chi connectivity index (χ2n) is 6.53. The van der Waals surface area contributed by atoms with E-state index >= 15 is 0 Å². The van der Waals surface area contributed by atoms with Crippen LogP contribution in [0, 0.1) is 0 Å². The maximum absolute atomic E-state index is 12.9. The molecule has 0 bridgehead atoms. The van der Waals surface area contributed by atoms with E-state index in [0.29, 0.717) is 11.3 Å². The molecule has 5 heteroatoms. The molecule has 26 heavy (non-hydrogen) atoms. The normalized spacial score (nSPS) is 16.5. The zero-order valence-electron chi connectivity index (χ0n) is 14.6. The molecule has 3 rings (SSSR count). The average molecular weight is 353 g/mol. The Labute approximate surface area is 153 Å². The molecule has 0 aromatic heterocycles. The third-order valence-corrected chi connectivity index (χ3v) is 4.69. The van der Waals surface area contributed by atoms with Crippen LogP contribution in [0.5, 0.6) is 5.75 Å². The topological polar surface area (TPSA) is 66.8 Å². The molecule has 2 aromatic carbocycles. The van der Waals surface area contributed by atoms with Gasteiger partial charge in [0.25, 0.3) is 5.91 Å². The summed E-state index contributed by atoms with van der Waals surface area (Å²) < 4.78 is 5.18. The van der Waals surface area contributed by atoms with Gasteiger partial charge in [-0.05, 0) is 49.4 Å². The van der Waals surface area contributed by atoms with E-state index in [4.69, 9.17) is 9.84 Å². The van der Waals surface area contributed by atoms with Crippen LogP contribution in [-0.4, -0.2) is 41.1 Å². The van der Waals surface area contributed by atoms with Crippen molar-refractivity contribution in [3.05, 3.63) is 65.7 Å². The van der Waals surface area contributed by atoms with Crippen LogP contribution in [-0.2, 0) is 11.2 Å². The highest BCUT2D eigenvalue weighted by Crippen LogP contribution is 2.25. The monoisotopic (exact) mass is 353 g/mol. The van der Waals surface area contributed by atoms with Gasteiger partial charge in [-0.15, -0.1) is 0 Å². The number of likely N-dealkylation sites (tertiary alicyclic amines) is 1. The summed E-state index contributed by atoms with van der Waals surface area (Å²) in [4.78, 5) is 25.5. The van der Waals surface area contributed by atoms with E-state index in [9.17, 15) is 9.59 Å². The number of aryl methyl sites for hydroxylation is 1. The highest BCUT2D eigenvalue weighted by Gasteiger charge is 2.29. The Balaban J connectivity index is 1.64. The van der Waals surface area contributed by atoms with Gasteiger partial charge in [0.1, 0.15) is 5.75 Å². The molecule has 5 nitrogen and oxygen atoms in total. The third kappa shape index (κ3) is 4.63. The number of benzene rings is 2. The van der Waals surface area contributed by atoms with Gasteiger partial charge in [-0.2, -0.15) is 0 Å². The molecule has 1 aliphatic heterocycles. The van der Waals surface area contributed by atoms with Crippen LogP contribution in [0.1, 0.15) is 35.2 Å². The first-order chi connectivity index (χ1) is 12.6. The van der Waals surface area contributed by atoms with Crippen molar-refractivity contribution in [2.24, 2.45) is 0 Å². The van der Waals surface area contributed by atoms with Gasteiger partial charge in [0.15, 0.2) is 6.61 Å². The number of ether oxygens (including phenoxy) is 1. The molecular formula is C21H23NO4. The number of carbonyl (C=O) groups is 2. The van der Waals surface area contributed by atoms with Crippen molar-refractivity contribution in [2.75, 3.05) is 13.2 Å². The first-order valence-electron chi connectivity index (χ1n) is 8.93. The molecule has 0 spiro atoms. The predicted molar refractivity (Wildman–Crippen MR) is 98.4 cm³/mol. The predicted octanol–water partition coefficient (Wildman–Crippen LogP) is 3.39. The van der Waals surface area contributed by atoms with E-state index in [1.54, 1.807) is 24.3 Å². The number of nitrogens with zero attached hydrogens (tertiary/aromatic N) is 1. The van der Waals surface area contributed by atoms with Crippen molar-refractivity contribution >= 4 is 11.9 Å². The van der Waals surface area contributed by atoms with E-state index in [-0.39, 0.29) is 11.9 Å². The van der Waals surface area contributed by atoms with E-state index in [2.05, 4.69) is 12.1 Å². The molecular weight excluding hydrogens is 330 g/mol. The Bertz CT molecular complexity index is 760. The Morgan fingerprint density at radius 2 is 1.92 bits per heavy atom. The van der Waals surface area contributed by atoms with Gasteiger partial charge < -0.3 is 14.7 Å². The fourth-order valence-electron chi connectivity index (χ4n) is 3.41. The SMILES string of the molecule is O=C(O)COc1cccc(C(=O)N2CCCC2CCc2ccccc2)c1. The summed E-state index contributed by atoms with van der Waals surface area (Å²) in [6.45, 7) is 0.347. The lowest BCUT2D eigenvalue weighted by atomic mass is 10.0. The summed E-state index contributed by atoms with van der Waals surface area (Å²) in [5, 5.41) is 8.71. The lowest BCUT2D eigenvalue weighted by Gasteiger charge is -2.25. The molecule has 0 radical (unpaired) electrons. The van der Waals surface area contributed by atoms with Crippen LogP contribution >= 0.6 is 0 Å². The molecule has 1 saturated heterocycles. The lowest BCUT2D eigenvalue weighted by molar-refractivity contribution is -0.139. The zero-order valence-corrected chi connectivity index (χ0v) is 14.6. The minimum Gasteiger partial charge on any atom is -0.482 e. The fraction of sp³-hybridized carbons (Fsp3) is 0.333. The van der Waals surface area contributed by atoms with Crippen LogP contribution in [0.2, 0.25) is 0 Å². The van der Waals surface area contributed by atoms with Crippen molar-refractivity contribution in [1.29, 1.82) is 0 Å². The van der Waals surface area contributed by atoms with Crippen LogP contribution < -0.4 is 4.74 Å². The van der Waals surface area contributed by atoms with Crippen molar-refractivity contribution in [1.82, 2.24) is 4.90 Å². The summed E-state index contributed by atoms with van der Waals surface area (Å²) in [5.74, 6) is -0.651. The lowest BCUT2D eigenvalue weighted by Crippen LogP contribution is -2.35. The van der Waals surface area contributed by atoms with Crippen LogP contribution in [0.25, 0.3) is 0 Å². The highest BCUT2D eigenvalue weighted by atomic mass is 16.5. The first-order valence-corrected chi connectivity index (χ1v) is 8.93. The van der Waals surface area contributed by atoms with E-state index < -0.39 is 12.6 Å². The van der Waals surface area contributed by atoms with Crippen molar-refractivity contribution in [3.8, 4) is 5.75 Å². The summed E-state index contributed by atoms with van der Waals surface area (Å²) in [6, 6.07) is 17.3. The van der Waals surface area contributed by atoms with Gasteiger partial charge >= 0.3 is 5.97 Å². The Morgan fingerprint density at radius 3 is 2.69 bits per heavy atom. The number of carboxylic acids is 1. The Morgan fingerprint density at radius 1 is 1.12 bits per heavy atom. The molecule has 1 N–H and O–H groups in total. The van der Waals surface area contributed by atoms with E-state index in [0.717, 1.165) is 32.2 Å². The number of hydrogen-bond donors (Lipinski definition) is 1. The van der Waals surface area contributed by atoms with Crippen LogP contribution in [0.3, 0.4) is 0 Å². The minimum atomic E-state index is -1.04. The standard InChI is InChI=1S/C21H23NO4/c23-20(24)15-26-19-10-4-8-17(14-19)21(25)22-13-5-9-18(22)12-11-16-6-2-1-3-7-16/h1-4,6-8,10,14,18H,5,9,11-13,15H2,(H,23,24). The van der Waals surface area contributed by atoms with Crippen LogP contribution in [0.4, 0.5) is 0 Å². The van der Waals surface area contributed by atoms with Gasteiger partial charge in [-0.3, -0.25) is 4.79 Å². The fourth-order valence-corrected chi connectivity index (χ4v) is 3.41. The van der Waals surface area contributed by atoms with E-state index in [1.165, 1.54) is 5.56 Å². The maximum Gasteiger partial charge on any atom is 0.341 e. The van der Waals surface area contributed by atoms with Gasteiger partial charge in [0.2, 0.25) is 0 Å². The molecule has 1 heterocycles. The summed E-state index contributed by atoms with van der Waals surface area (Å²) >= 11 is 0. The smallest absolute Gasteiger partial charge is 0.341 e. The highest BCUT2D eigenvalue weighted by molar-refractivity contribution is 5.95. The minimum absolute atomic E-state index is 0.0127. The second kappa shape index (κ2) is 8.52. The number of rotatable bonds is 7. The summed E-state index contributed by atoms with van der Waals surface area (Å²) in [5.41, 5.74) is 1.83. The Hall–Kier alpha value is -2.82. The molecule has 1 unspecified atom stereocenters. The molecule has 136 valence electrons. The molecule has 1 atom stereocenters. The van der Waals surface area contributed by atoms with Gasteiger partial charge in [0.05, 0.1) is 0 Å². The van der Waals surface area contributed by atoms with Gasteiger partial charge in [0, 0.05) is 18.2 Å². The molecule has 1 aliphatic rings. The van der Waals surface area contributed by atoms with Crippen molar-refractivity contribution < 1.29 is 19.4 Å². The number of carbonyl (C=O) groups excluding carboxylic acids is 1. The summed E-state index contributed by atoms with van der Waals surface area (Å²) in [6.07, 6.45) is 3.94. The van der Waals surface area contributed by atoms with Crippen molar-refractivity contribution in [2.45, 2.75) is 31.7 Å². The van der Waals surface area contributed by atoms with Crippen LogP contribution in [0.15, 0.2) is 54.6 Å². The second-order valence-corrected chi connectivity index (χ2v) is 6.53. The van der Waals surface area contributed by atoms with Gasteiger partial charge in [-0.1, -0.05) is 36.4 Å². The zero-order chi connectivity index (χ0) is 18.4. The number of aliphatic carboxylic acids is 1. The number of carboxylic acid groups (broad SMARTS) is 1. The first kappa shape index (κ1) is 18.0. The average Bonchev–Trinajstić information content (AvgIpc) is 3.14. The van der Waals surface area contributed by atoms with Crippen molar-refractivity contribution in [3.63, 3.8) is 0 Å². The van der Waals surface area contributed by atoms with Gasteiger partial charge in [-0.25, -0.2) is 4.79 Å². The summed E-state index contributed by atoms with van der Waals surface area (Å²) in [7, 11) is 0. The molecule has 2 aromatic rings. The number of hydrogen-bond acceptors (Lipinski definition) is 3. The van der Waals surface area contributed by atoms with E-state index in [1.807, 2.05) is 23.1 Å². The largest absolute Gasteiger partial charge is 0.482 e. The molecule has 0 saturated carbocycles. The molecule has 1 fully saturated rings. The maximum atomic E-state index is 12.9. The number of amides is 1. The Kier molecular flexibility index (Phi) is 5.89. The third-order valence-electron chi connectivity index (χ3n) is 4.69. The quantitative estimate of drug-likeness (QED) is 0.829. The molecule has 0 aliphatic carbocycles.